The van der Waals surface area contributed by atoms with Crippen LogP contribution in [0.2, 0.25) is 0 Å². The van der Waals surface area contributed by atoms with Gasteiger partial charge in [0.2, 0.25) is 11.8 Å². The Hall–Kier alpha value is -1.22. The lowest BCUT2D eigenvalue weighted by Crippen LogP contribution is -2.67. The van der Waals surface area contributed by atoms with Crippen molar-refractivity contribution in [1.82, 2.24) is 20.4 Å². The normalized spacial score (nSPS) is 31.8. The first-order valence-electron chi connectivity index (χ1n) is 8.93. The number of nitrogens with zero attached hydrogens (tertiary/aromatic N) is 2. The molecule has 0 unspecified atom stereocenters. The van der Waals surface area contributed by atoms with Gasteiger partial charge in [0.1, 0.15) is 12.1 Å². The Kier molecular flexibility index (Phi) is 5.70. The summed E-state index contributed by atoms with van der Waals surface area (Å²) in [5.41, 5.74) is 0. The van der Waals surface area contributed by atoms with Crippen LogP contribution in [0.1, 0.15) is 25.7 Å². The lowest BCUT2D eigenvalue weighted by atomic mass is 10.0. The van der Waals surface area contributed by atoms with E-state index in [1.807, 2.05) is 0 Å². The highest BCUT2D eigenvalue weighted by atomic mass is 16.3. The fraction of sp³-hybridized carbons (Fsp3) is 0.875. The highest BCUT2D eigenvalue weighted by Crippen LogP contribution is 2.13. The van der Waals surface area contributed by atoms with Crippen LogP contribution in [0.5, 0.6) is 0 Å². The number of piperazine rings is 1. The third-order valence-electron chi connectivity index (χ3n) is 5.26. The van der Waals surface area contributed by atoms with E-state index in [1.54, 1.807) is 0 Å². The number of hydrogen-bond donors (Lipinski definition) is 4. The largest absolute Gasteiger partial charge is 0.393 e. The van der Waals surface area contributed by atoms with E-state index in [4.69, 9.17) is 0 Å². The maximum Gasteiger partial charge on any atom is 0.244 e. The van der Waals surface area contributed by atoms with Crippen molar-refractivity contribution in [3.8, 4) is 0 Å². The van der Waals surface area contributed by atoms with Crippen LogP contribution in [0.15, 0.2) is 0 Å². The molecule has 3 aliphatic rings. The zero-order chi connectivity index (χ0) is 17.1. The second-order valence-corrected chi connectivity index (χ2v) is 7.19. The zero-order valence-electron chi connectivity index (χ0n) is 14.0. The van der Waals surface area contributed by atoms with E-state index in [0.717, 1.165) is 26.2 Å². The fourth-order valence-electron chi connectivity index (χ4n) is 3.65. The number of likely N-dealkylation sites (tertiary alicyclic amines) is 2. The maximum atomic E-state index is 12.3. The van der Waals surface area contributed by atoms with Gasteiger partial charge >= 0.3 is 0 Å². The molecule has 3 heterocycles. The summed E-state index contributed by atoms with van der Waals surface area (Å²) in [4.78, 5) is 28.9. The number of hydrogen-bond acceptors (Lipinski definition) is 6. The average Bonchev–Trinajstić information content (AvgIpc) is 2.56. The molecule has 3 saturated heterocycles. The molecule has 2 atom stereocenters. The van der Waals surface area contributed by atoms with Gasteiger partial charge in [0.15, 0.2) is 0 Å². The molecule has 0 bridgehead atoms. The first kappa shape index (κ1) is 17.6. The minimum atomic E-state index is -0.521. The van der Waals surface area contributed by atoms with Crippen molar-refractivity contribution < 1.29 is 19.8 Å². The standard InChI is InChI=1S/C16H28N4O4/c21-11-1-5-19(6-2-11)9-13-15(23)18-14(16(24)17-13)10-20-7-3-12(22)4-8-20/h11-14,21-22H,1-10H2,(H,17,24)(H,18,23)/t13-,14+. The van der Waals surface area contributed by atoms with E-state index < -0.39 is 12.1 Å². The Balaban J connectivity index is 1.47. The Labute approximate surface area is 142 Å². The van der Waals surface area contributed by atoms with Crippen LogP contribution in [0.25, 0.3) is 0 Å². The molecular formula is C16H28N4O4. The van der Waals surface area contributed by atoms with Gasteiger partial charge in [-0.05, 0) is 25.7 Å². The second kappa shape index (κ2) is 7.77. The Morgan fingerprint density at radius 2 is 1.08 bits per heavy atom. The van der Waals surface area contributed by atoms with Crippen LogP contribution < -0.4 is 10.6 Å². The van der Waals surface area contributed by atoms with Gasteiger partial charge in [0.25, 0.3) is 0 Å². The molecule has 4 N–H and O–H groups in total. The summed E-state index contributed by atoms with van der Waals surface area (Å²) >= 11 is 0. The summed E-state index contributed by atoms with van der Waals surface area (Å²) in [6, 6.07) is -1.04. The molecule has 2 amide bonds. The summed E-state index contributed by atoms with van der Waals surface area (Å²) in [6.07, 6.45) is 2.36. The predicted molar refractivity (Wildman–Crippen MR) is 87.2 cm³/mol. The van der Waals surface area contributed by atoms with Gasteiger partial charge in [-0.3, -0.25) is 9.59 Å². The summed E-state index contributed by atoms with van der Waals surface area (Å²) in [5, 5.41) is 24.8. The number of aliphatic hydroxyl groups is 2. The first-order chi connectivity index (χ1) is 11.5. The molecule has 0 aromatic carbocycles. The molecule has 0 aromatic rings. The number of nitrogens with one attached hydrogen (secondary N) is 2. The third-order valence-corrected chi connectivity index (χ3v) is 5.26. The SMILES string of the molecule is O=C1N[C@H](CN2CCC(O)CC2)C(=O)N[C@H]1CN1CCC(O)CC1. The highest BCUT2D eigenvalue weighted by molar-refractivity contribution is 5.97. The highest BCUT2D eigenvalue weighted by Gasteiger charge is 2.36. The molecule has 0 aliphatic carbocycles. The predicted octanol–water partition coefficient (Wildman–Crippen LogP) is -2.12. The topological polar surface area (TPSA) is 105 Å². The van der Waals surface area contributed by atoms with Crippen LogP contribution >= 0.6 is 0 Å². The molecule has 24 heavy (non-hydrogen) atoms. The number of aliphatic hydroxyl groups excluding tert-OH is 2. The van der Waals surface area contributed by atoms with Gasteiger partial charge in [-0.15, -0.1) is 0 Å². The Morgan fingerprint density at radius 1 is 0.750 bits per heavy atom. The minimum absolute atomic E-state index is 0.136. The monoisotopic (exact) mass is 340 g/mol. The van der Waals surface area contributed by atoms with E-state index in [-0.39, 0.29) is 24.0 Å². The van der Waals surface area contributed by atoms with Crippen molar-refractivity contribution >= 4 is 11.8 Å². The van der Waals surface area contributed by atoms with E-state index in [2.05, 4.69) is 20.4 Å². The molecule has 8 nitrogen and oxygen atoms in total. The molecule has 3 aliphatic heterocycles. The number of amides is 2. The molecular weight excluding hydrogens is 312 g/mol. The summed E-state index contributed by atoms with van der Waals surface area (Å²) in [7, 11) is 0. The second-order valence-electron chi connectivity index (χ2n) is 7.19. The molecule has 136 valence electrons. The molecule has 3 fully saturated rings. The molecule has 0 aromatic heterocycles. The van der Waals surface area contributed by atoms with Crippen LogP contribution in [-0.4, -0.2) is 95.4 Å². The molecule has 0 spiro atoms. The van der Waals surface area contributed by atoms with Crippen molar-refractivity contribution in [1.29, 1.82) is 0 Å². The van der Waals surface area contributed by atoms with Crippen molar-refractivity contribution in [3.63, 3.8) is 0 Å². The Bertz CT molecular complexity index is 417. The van der Waals surface area contributed by atoms with Crippen molar-refractivity contribution in [2.75, 3.05) is 39.3 Å². The smallest absolute Gasteiger partial charge is 0.244 e. The van der Waals surface area contributed by atoms with Crippen molar-refractivity contribution in [2.45, 2.75) is 50.0 Å². The lowest BCUT2D eigenvalue weighted by Gasteiger charge is -2.37. The maximum absolute atomic E-state index is 12.3. The number of carbonyl (C=O) groups is 2. The third kappa shape index (κ3) is 4.44. The summed E-state index contributed by atoms with van der Waals surface area (Å²) < 4.78 is 0. The average molecular weight is 340 g/mol. The number of rotatable bonds is 4. The van der Waals surface area contributed by atoms with E-state index >= 15 is 0 Å². The van der Waals surface area contributed by atoms with Gasteiger partial charge in [-0.25, -0.2) is 0 Å². The molecule has 8 heteroatoms. The van der Waals surface area contributed by atoms with Crippen LogP contribution in [0.3, 0.4) is 0 Å². The van der Waals surface area contributed by atoms with Crippen LogP contribution in [-0.2, 0) is 9.59 Å². The van der Waals surface area contributed by atoms with Gasteiger partial charge in [-0.2, -0.15) is 0 Å². The quantitative estimate of drug-likeness (QED) is 0.467. The van der Waals surface area contributed by atoms with E-state index in [0.29, 0.717) is 38.8 Å². The summed E-state index contributed by atoms with van der Waals surface area (Å²) in [5.74, 6) is -0.273. The van der Waals surface area contributed by atoms with Crippen LogP contribution in [0.4, 0.5) is 0 Å². The number of carbonyl (C=O) groups excluding carboxylic acids is 2. The minimum Gasteiger partial charge on any atom is -0.393 e. The first-order valence-corrected chi connectivity index (χ1v) is 8.93. The van der Waals surface area contributed by atoms with Gasteiger partial charge in [-0.1, -0.05) is 0 Å². The van der Waals surface area contributed by atoms with Crippen molar-refractivity contribution in [2.24, 2.45) is 0 Å². The fourth-order valence-corrected chi connectivity index (χ4v) is 3.65. The van der Waals surface area contributed by atoms with Crippen molar-refractivity contribution in [3.05, 3.63) is 0 Å². The molecule has 3 rings (SSSR count). The molecule has 0 radical (unpaired) electrons. The van der Waals surface area contributed by atoms with E-state index in [1.165, 1.54) is 0 Å². The van der Waals surface area contributed by atoms with Gasteiger partial charge < -0.3 is 30.6 Å². The summed E-state index contributed by atoms with van der Waals surface area (Å²) in [6.45, 7) is 3.99. The van der Waals surface area contributed by atoms with Gasteiger partial charge in [0.05, 0.1) is 12.2 Å². The lowest BCUT2D eigenvalue weighted by molar-refractivity contribution is -0.138. The molecule has 0 saturated carbocycles. The van der Waals surface area contributed by atoms with E-state index in [9.17, 15) is 19.8 Å². The van der Waals surface area contributed by atoms with Crippen LogP contribution in [0, 0.1) is 0 Å². The Morgan fingerprint density at radius 3 is 1.42 bits per heavy atom. The van der Waals surface area contributed by atoms with Gasteiger partial charge in [0, 0.05) is 39.3 Å². The zero-order valence-corrected chi connectivity index (χ0v) is 14.0. The number of piperidine rings is 2.